The van der Waals surface area contributed by atoms with E-state index in [1.807, 2.05) is 32.9 Å². The molecule has 0 aliphatic heterocycles. The Kier molecular flexibility index (Phi) is 6.20. The summed E-state index contributed by atoms with van der Waals surface area (Å²) in [6, 6.07) is 12.8. The quantitative estimate of drug-likeness (QED) is 0.762. The van der Waals surface area contributed by atoms with Gasteiger partial charge in [0.1, 0.15) is 5.75 Å². The zero-order chi connectivity index (χ0) is 19.4. The number of ether oxygens (including phenoxy) is 1. The van der Waals surface area contributed by atoms with Crippen molar-refractivity contribution in [2.24, 2.45) is 0 Å². The van der Waals surface area contributed by atoms with Crippen molar-refractivity contribution in [3.63, 3.8) is 0 Å². The third kappa shape index (κ3) is 4.71. The summed E-state index contributed by atoms with van der Waals surface area (Å²) < 4.78 is 5.95. The van der Waals surface area contributed by atoms with Gasteiger partial charge in [-0.05, 0) is 86.8 Å². The van der Waals surface area contributed by atoms with Crippen molar-refractivity contribution < 1.29 is 9.53 Å². The summed E-state index contributed by atoms with van der Waals surface area (Å²) in [5.74, 6) is 0.708. The lowest BCUT2D eigenvalue weighted by molar-refractivity contribution is -0.128. The van der Waals surface area contributed by atoms with Crippen LogP contribution in [0, 0.1) is 13.8 Å². The van der Waals surface area contributed by atoms with Gasteiger partial charge in [0, 0.05) is 0 Å². The molecule has 0 radical (unpaired) electrons. The van der Waals surface area contributed by atoms with Gasteiger partial charge in [0.15, 0.2) is 6.10 Å². The van der Waals surface area contributed by atoms with Gasteiger partial charge in [-0.25, -0.2) is 0 Å². The van der Waals surface area contributed by atoms with E-state index in [4.69, 9.17) is 4.74 Å². The Morgan fingerprint density at radius 1 is 1.07 bits per heavy atom. The summed E-state index contributed by atoms with van der Waals surface area (Å²) in [5, 5.41) is 3.18. The Balaban J connectivity index is 1.68. The first-order valence-corrected chi connectivity index (χ1v) is 10.1. The van der Waals surface area contributed by atoms with E-state index in [-0.39, 0.29) is 11.9 Å². The van der Waals surface area contributed by atoms with Gasteiger partial charge in [0.2, 0.25) is 0 Å². The van der Waals surface area contributed by atoms with Gasteiger partial charge < -0.3 is 10.1 Å². The number of carbonyl (C=O) groups is 1. The molecule has 1 N–H and O–H groups in total. The molecular weight excluding hydrogens is 334 g/mol. The molecule has 2 aromatic carbocycles. The molecule has 0 spiro atoms. The van der Waals surface area contributed by atoms with Gasteiger partial charge in [0.05, 0.1) is 6.04 Å². The fraction of sp³-hybridized carbons (Fsp3) is 0.458. The Morgan fingerprint density at radius 3 is 2.56 bits per heavy atom. The van der Waals surface area contributed by atoms with Crippen molar-refractivity contribution in [2.45, 2.75) is 71.9 Å². The van der Waals surface area contributed by atoms with E-state index in [0.717, 1.165) is 29.7 Å². The second-order valence-electron chi connectivity index (χ2n) is 7.73. The maximum Gasteiger partial charge on any atom is 0.261 e. The molecule has 0 saturated carbocycles. The third-order valence-corrected chi connectivity index (χ3v) is 5.52. The van der Waals surface area contributed by atoms with Gasteiger partial charge >= 0.3 is 0 Å². The van der Waals surface area contributed by atoms with Gasteiger partial charge in [0.25, 0.3) is 5.91 Å². The SMILES string of the molecule is CC[C@@H](NC(=O)[C@H](C)Oc1cc(C)ccc1C)c1ccc2c(c1)CCCC2. The number of fused-ring (bicyclic) bond motifs is 1. The summed E-state index contributed by atoms with van der Waals surface area (Å²) in [4.78, 5) is 12.7. The average molecular weight is 366 g/mol. The molecule has 3 heteroatoms. The molecule has 2 atom stereocenters. The van der Waals surface area contributed by atoms with Crippen molar-refractivity contribution in [1.29, 1.82) is 0 Å². The second-order valence-corrected chi connectivity index (χ2v) is 7.73. The molecule has 0 fully saturated rings. The van der Waals surface area contributed by atoms with Crippen LogP contribution >= 0.6 is 0 Å². The maximum atomic E-state index is 12.7. The Bertz CT molecular complexity index is 812. The third-order valence-electron chi connectivity index (χ3n) is 5.52. The minimum Gasteiger partial charge on any atom is -0.481 e. The first-order chi connectivity index (χ1) is 13.0. The number of hydrogen-bond donors (Lipinski definition) is 1. The van der Waals surface area contributed by atoms with Gasteiger partial charge in [-0.3, -0.25) is 4.79 Å². The Hall–Kier alpha value is -2.29. The van der Waals surface area contributed by atoms with Crippen molar-refractivity contribution in [3.8, 4) is 5.75 Å². The van der Waals surface area contributed by atoms with E-state index in [2.05, 4.69) is 36.5 Å². The zero-order valence-electron chi connectivity index (χ0n) is 17.0. The van der Waals surface area contributed by atoms with E-state index in [1.54, 1.807) is 0 Å². The molecule has 3 nitrogen and oxygen atoms in total. The van der Waals surface area contributed by atoms with Crippen molar-refractivity contribution in [3.05, 3.63) is 64.2 Å². The van der Waals surface area contributed by atoms with E-state index in [1.165, 1.54) is 36.0 Å². The molecule has 0 unspecified atom stereocenters. The van der Waals surface area contributed by atoms with E-state index < -0.39 is 6.10 Å². The molecule has 144 valence electrons. The molecular formula is C24H31NO2. The smallest absolute Gasteiger partial charge is 0.261 e. The minimum atomic E-state index is -0.530. The molecule has 0 aromatic heterocycles. The fourth-order valence-corrected chi connectivity index (χ4v) is 3.76. The second kappa shape index (κ2) is 8.60. The summed E-state index contributed by atoms with van der Waals surface area (Å²) in [5.41, 5.74) is 6.29. The predicted molar refractivity (Wildman–Crippen MR) is 110 cm³/mol. The average Bonchev–Trinajstić information content (AvgIpc) is 2.68. The summed E-state index contributed by atoms with van der Waals surface area (Å²) in [6.45, 7) is 7.96. The highest BCUT2D eigenvalue weighted by Crippen LogP contribution is 2.26. The first kappa shape index (κ1) is 19.5. The van der Waals surface area contributed by atoms with Crippen molar-refractivity contribution >= 4 is 5.91 Å². The molecule has 2 aromatic rings. The maximum absolute atomic E-state index is 12.7. The molecule has 0 bridgehead atoms. The molecule has 1 aliphatic carbocycles. The van der Waals surface area contributed by atoms with Gasteiger partial charge in [-0.15, -0.1) is 0 Å². The number of aryl methyl sites for hydroxylation is 4. The summed E-state index contributed by atoms with van der Waals surface area (Å²) in [7, 11) is 0. The van der Waals surface area contributed by atoms with E-state index >= 15 is 0 Å². The van der Waals surface area contributed by atoms with Gasteiger partial charge in [-0.2, -0.15) is 0 Å². The number of rotatable bonds is 6. The van der Waals surface area contributed by atoms with Crippen LogP contribution in [0.25, 0.3) is 0 Å². The topological polar surface area (TPSA) is 38.3 Å². The molecule has 1 aliphatic rings. The minimum absolute atomic E-state index is 0.0226. The van der Waals surface area contributed by atoms with Crippen LogP contribution in [-0.2, 0) is 17.6 Å². The van der Waals surface area contributed by atoms with Crippen molar-refractivity contribution in [1.82, 2.24) is 5.32 Å². The molecule has 1 amide bonds. The lowest BCUT2D eigenvalue weighted by atomic mass is 9.89. The van der Waals surface area contributed by atoms with E-state index in [9.17, 15) is 4.79 Å². The number of carbonyl (C=O) groups excluding carboxylic acids is 1. The predicted octanol–water partition coefficient (Wildman–Crippen LogP) is 5.22. The highest BCUT2D eigenvalue weighted by atomic mass is 16.5. The largest absolute Gasteiger partial charge is 0.481 e. The molecule has 3 rings (SSSR count). The van der Waals surface area contributed by atoms with Crippen LogP contribution in [0.3, 0.4) is 0 Å². The zero-order valence-corrected chi connectivity index (χ0v) is 17.0. The lowest BCUT2D eigenvalue weighted by Crippen LogP contribution is -2.38. The normalized spacial score (nSPS) is 15.6. The molecule has 0 saturated heterocycles. The van der Waals surface area contributed by atoms with Gasteiger partial charge in [-0.1, -0.05) is 37.3 Å². The number of hydrogen-bond acceptors (Lipinski definition) is 2. The standard InChI is InChI=1S/C24H31NO2/c1-5-22(21-13-12-19-8-6-7-9-20(19)15-21)25-24(26)18(4)27-23-14-16(2)10-11-17(23)3/h10-15,18,22H,5-9H2,1-4H3,(H,25,26)/t18-,22+/m0/s1. The lowest BCUT2D eigenvalue weighted by Gasteiger charge is -2.24. The van der Waals surface area contributed by atoms with Crippen LogP contribution in [0.4, 0.5) is 0 Å². The first-order valence-electron chi connectivity index (χ1n) is 10.1. The Labute approximate surface area is 163 Å². The van der Waals surface area contributed by atoms with Crippen LogP contribution in [-0.4, -0.2) is 12.0 Å². The number of nitrogens with one attached hydrogen (secondary N) is 1. The van der Waals surface area contributed by atoms with E-state index in [0.29, 0.717) is 0 Å². The van der Waals surface area contributed by atoms with Crippen molar-refractivity contribution in [2.75, 3.05) is 0 Å². The van der Waals surface area contributed by atoms with Crippen LogP contribution in [0.2, 0.25) is 0 Å². The molecule has 27 heavy (non-hydrogen) atoms. The monoisotopic (exact) mass is 365 g/mol. The highest BCUT2D eigenvalue weighted by Gasteiger charge is 2.21. The fourth-order valence-electron chi connectivity index (χ4n) is 3.76. The summed E-state index contributed by atoms with van der Waals surface area (Å²) >= 11 is 0. The summed E-state index contributed by atoms with van der Waals surface area (Å²) in [6.07, 6.45) is 5.21. The Morgan fingerprint density at radius 2 is 1.81 bits per heavy atom. The van der Waals surface area contributed by atoms with Crippen LogP contribution in [0.15, 0.2) is 36.4 Å². The number of amides is 1. The number of benzene rings is 2. The van der Waals surface area contributed by atoms with Crippen LogP contribution in [0.5, 0.6) is 5.75 Å². The van der Waals surface area contributed by atoms with Crippen LogP contribution in [0.1, 0.15) is 67.0 Å². The van der Waals surface area contributed by atoms with Crippen LogP contribution < -0.4 is 10.1 Å². The highest BCUT2D eigenvalue weighted by molar-refractivity contribution is 5.81. The molecule has 0 heterocycles.